The molecule has 0 aromatic rings. The summed E-state index contributed by atoms with van der Waals surface area (Å²) in [7, 11) is 0. The molecule has 7 unspecified atom stereocenters. The van der Waals surface area contributed by atoms with E-state index in [1.54, 1.807) is 19.3 Å². The molecule has 0 heterocycles. The Morgan fingerprint density at radius 1 is 1.07 bits per heavy atom. The fourth-order valence-corrected chi connectivity index (χ4v) is 5.04. The van der Waals surface area contributed by atoms with E-state index in [9.17, 15) is 0 Å². The summed E-state index contributed by atoms with van der Waals surface area (Å²) in [5.41, 5.74) is 0. The first-order chi connectivity index (χ1) is 7.22. The monoisotopic (exact) mass is 206 g/mol. The zero-order valence-corrected chi connectivity index (χ0v) is 10.6. The largest absolute Gasteiger partial charge is 0.0651 e. The Labute approximate surface area is 94.8 Å². The second-order valence-electron chi connectivity index (χ2n) is 6.77. The molecule has 0 spiro atoms. The van der Waals surface area contributed by atoms with Crippen molar-refractivity contribution >= 4 is 0 Å². The van der Waals surface area contributed by atoms with Crippen LogP contribution in [0.5, 0.6) is 0 Å². The van der Waals surface area contributed by atoms with Crippen LogP contribution in [0.4, 0.5) is 0 Å². The zero-order chi connectivity index (χ0) is 10.6. The quantitative estimate of drug-likeness (QED) is 0.630. The van der Waals surface area contributed by atoms with Crippen LogP contribution in [-0.2, 0) is 0 Å². The van der Waals surface area contributed by atoms with Gasteiger partial charge in [0.15, 0.2) is 0 Å². The molecule has 0 heteroatoms. The highest BCUT2D eigenvalue weighted by molar-refractivity contribution is 5.09. The Morgan fingerprint density at radius 2 is 1.80 bits per heavy atom. The Kier molecular flexibility index (Phi) is 2.37. The van der Waals surface area contributed by atoms with Gasteiger partial charge in [0, 0.05) is 0 Å². The molecule has 3 aliphatic rings. The number of hydrogen-bond acceptors (Lipinski definition) is 0. The van der Waals surface area contributed by atoms with Crippen LogP contribution in [0.2, 0.25) is 0 Å². The van der Waals surface area contributed by atoms with Gasteiger partial charge in [-0.1, -0.05) is 33.6 Å². The number of rotatable bonds is 2. The van der Waals surface area contributed by atoms with Crippen molar-refractivity contribution in [3.63, 3.8) is 0 Å². The molecule has 0 amide bonds. The van der Waals surface area contributed by atoms with Crippen LogP contribution in [0.15, 0.2) is 0 Å². The van der Waals surface area contributed by atoms with Crippen molar-refractivity contribution < 1.29 is 0 Å². The summed E-state index contributed by atoms with van der Waals surface area (Å²) >= 11 is 0. The molecule has 0 N–H and O–H groups in total. The van der Waals surface area contributed by atoms with Gasteiger partial charge >= 0.3 is 0 Å². The Morgan fingerprint density at radius 3 is 2.53 bits per heavy atom. The van der Waals surface area contributed by atoms with Crippen molar-refractivity contribution in [2.24, 2.45) is 41.4 Å². The highest BCUT2D eigenvalue weighted by atomic mass is 14.7. The third kappa shape index (κ3) is 1.33. The molecule has 15 heavy (non-hydrogen) atoms. The summed E-state index contributed by atoms with van der Waals surface area (Å²) in [5, 5.41) is 0. The topological polar surface area (TPSA) is 0 Å². The van der Waals surface area contributed by atoms with E-state index in [4.69, 9.17) is 0 Å². The summed E-state index contributed by atoms with van der Waals surface area (Å²) < 4.78 is 0. The van der Waals surface area contributed by atoms with Gasteiger partial charge in [-0.2, -0.15) is 0 Å². The first-order valence-corrected chi connectivity index (χ1v) is 7.22. The predicted molar refractivity (Wildman–Crippen MR) is 64.5 cm³/mol. The van der Waals surface area contributed by atoms with Crippen molar-refractivity contribution in [3.8, 4) is 0 Å². The molecule has 0 aliphatic heterocycles. The fourth-order valence-electron chi connectivity index (χ4n) is 5.04. The maximum absolute atomic E-state index is 2.49. The van der Waals surface area contributed by atoms with E-state index in [1.165, 1.54) is 30.6 Å². The maximum Gasteiger partial charge on any atom is -0.0321 e. The van der Waals surface area contributed by atoms with Crippen LogP contribution < -0.4 is 0 Å². The molecule has 3 saturated carbocycles. The predicted octanol–water partition coefficient (Wildman–Crippen LogP) is 4.35. The SMILES string of the molecule is CCC(C)C1CC2C3CCC(C)CC3C12. The van der Waals surface area contributed by atoms with Crippen LogP contribution in [-0.4, -0.2) is 0 Å². The number of fused-ring (bicyclic) bond motifs is 4. The average Bonchev–Trinajstić information content (AvgIpc) is 2.19. The van der Waals surface area contributed by atoms with E-state index in [0.29, 0.717) is 0 Å². The maximum atomic E-state index is 2.49. The molecule has 3 aliphatic carbocycles. The Balaban J connectivity index is 1.65. The molecular weight excluding hydrogens is 180 g/mol. The highest BCUT2D eigenvalue weighted by Crippen LogP contribution is 2.67. The normalized spacial score (nSPS) is 54.6. The van der Waals surface area contributed by atoms with E-state index in [1.807, 2.05) is 0 Å². The first kappa shape index (κ1) is 10.2. The van der Waals surface area contributed by atoms with Gasteiger partial charge in [-0.3, -0.25) is 0 Å². The standard InChI is InChI=1S/C15H26/c1-4-10(3)12-8-14-11-6-5-9(2)7-13(11)15(12)14/h9-15H,4-8H2,1-3H3. The van der Waals surface area contributed by atoms with Gasteiger partial charge in [-0.15, -0.1) is 0 Å². The lowest BCUT2D eigenvalue weighted by molar-refractivity contribution is -0.190. The van der Waals surface area contributed by atoms with E-state index >= 15 is 0 Å². The molecule has 3 fully saturated rings. The lowest BCUT2D eigenvalue weighted by Crippen LogP contribution is -2.61. The van der Waals surface area contributed by atoms with Gasteiger partial charge in [-0.25, -0.2) is 0 Å². The smallest absolute Gasteiger partial charge is 0.0321 e. The third-order valence-corrected chi connectivity index (χ3v) is 6.17. The van der Waals surface area contributed by atoms with Crippen LogP contribution in [0.1, 0.15) is 52.9 Å². The van der Waals surface area contributed by atoms with Crippen LogP contribution in [0.3, 0.4) is 0 Å². The molecule has 0 radical (unpaired) electrons. The molecule has 0 nitrogen and oxygen atoms in total. The summed E-state index contributed by atoms with van der Waals surface area (Å²) in [6.07, 6.45) is 7.66. The minimum atomic E-state index is 1.00. The van der Waals surface area contributed by atoms with Gasteiger partial charge in [-0.05, 0) is 60.7 Å². The molecule has 0 saturated heterocycles. The van der Waals surface area contributed by atoms with Crippen molar-refractivity contribution in [3.05, 3.63) is 0 Å². The van der Waals surface area contributed by atoms with Gasteiger partial charge in [0.05, 0.1) is 0 Å². The molecule has 0 aromatic carbocycles. The summed E-state index contributed by atoms with van der Waals surface area (Å²) in [5.74, 6) is 7.84. The van der Waals surface area contributed by atoms with Crippen molar-refractivity contribution in [1.82, 2.24) is 0 Å². The molecule has 7 atom stereocenters. The average molecular weight is 206 g/mol. The third-order valence-electron chi connectivity index (χ3n) is 6.17. The summed E-state index contributed by atoms with van der Waals surface area (Å²) in [6.45, 7) is 7.33. The minimum absolute atomic E-state index is 1.00. The molecule has 0 aromatic heterocycles. The van der Waals surface area contributed by atoms with Crippen molar-refractivity contribution in [2.45, 2.75) is 52.9 Å². The van der Waals surface area contributed by atoms with Crippen molar-refractivity contribution in [2.75, 3.05) is 0 Å². The van der Waals surface area contributed by atoms with Crippen LogP contribution >= 0.6 is 0 Å². The fraction of sp³-hybridized carbons (Fsp3) is 1.00. The Hall–Kier alpha value is 0. The molecule has 0 bridgehead atoms. The van der Waals surface area contributed by atoms with E-state index in [-0.39, 0.29) is 0 Å². The van der Waals surface area contributed by atoms with Crippen molar-refractivity contribution in [1.29, 1.82) is 0 Å². The second-order valence-corrected chi connectivity index (χ2v) is 6.77. The second kappa shape index (κ2) is 3.50. The molecular formula is C15H26. The zero-order valence-electron chi connectivity index (χ0n) is 10.6. The first-order valence-electron chi connectivity index (χ1n) is 7.22. The summed E-state index contributed by atoms with van der Waals surface area (Å²) in [4.78, 5) is 0. The Bertz CT molecular complexity index is 244. The molecule has 86 valence electrons. The van der Waals surface area contributed by atoms with Gasteiger partial charge in [0.2, 0.25) is 0 Å². The van der Waals surface area contributed by atoms with E-state index in [2.05, 4.69) is 20.8 Å². The van der Waals surface area contributed by atoms with E-state index < -0.39 is 0 Å². The van der Waals surface area contributed by atoms with Crippen LogP contribution in [0.25, 0.3) is 0 Å². The minimum Gasteiger partial charge on any atom is -0.0651 e. The van der Waals surface area contributed by atoms with Gasteiger partial charge in [0.1, 0.15) is 0 Å². The lowest BCUT2D eigenvalue weighted by atomic mass is 9.37. The van der Waals surface area contributed by atoms with Gasteiger partial charge < -0.3 is 0 Å². The van der Waals surface area contributed by atoms with Gasteiger partial charge in [0.25, 0.3) is 0 Å². The highest BCUT2D eigenvalue weighted by Gasteiger charge is 2.61. The van der Waals surface area contributed by atoms with Crippen LogP contribution in [0, 0.1) is 41.4 Å². The lowest BCUT2D eigenvalue weighted by Gasteiger charge is -2.67. The number of hydrogen-bond donors (Lipinski definition) is 0. The van der Waals surface area contributed by atoms with E-state index in [0.717, 1.165) is 23.7 Å². The molecule has 3 rings (SSSR count). The summed E-state index contributed by atoms with van der Waals surface area (Å²) in [6, 6.07) is 0.